The zero-order valence-electron chi connectivity index (χ0n) is 21.0. The molecule has 0 spiro atoms. The van der Waals surface area contributed by atoms with Crippen molar-refractivity contribution in [1.29, 1.82) is 0 Å². The van der Waals surface area contributed by atoms with Crippen LogP contribution in [-0.4, -0.2) is 8.07 Å². The summed E-state index contributed by atoms with van der Waals surface area (Å²) in [6, 6.07) is 11.9. The molecule has 0 amide bonds. The second kappa shape index (κ2) is 8.26. The van der Waals surface area contributed by atoms with E-state index < -0.39 is 8.07 Å². The Kier molecular flexibility index (Phi) is 6.40. The molecule has 0 N–H and O–H groups in total. The van der Waals surface area contributed by atoms with Crippen molar-refractivity contribution in [2.45, 2.75) is 96.8 Å². The van der Waals surface area contributed by atoms with Crippen LogP contribution in [0.4, 0.5) is 0 Å². The molecular formula is C28H44NSi+. The molecule has 1 aliphatic rings. The van der Waals surface area contributed by atoms with Crippen molar-refractivity contribution in [3.8, 4) is 11.3 Å². The van der Waals surface area contributed by atoms with Gasteiger partial charge < -0.3 is 0 Å². The standard InChI is InChI=1S/C28H44NSi/c1-21-19-23(27(2,3)22-13-11-10-12-14-22)15-17-25(21)26-18-16-24(20-29(26)6)28(4,5)30(7,8)9/h15-20,22H,10-14H2,1-9H3/q+1. The zero-order chi connectivity index (χ0) is 22.3. The molecule has 0 radical (unpaired) electrons. The quantitative estimate of drug-likeness (QED) is 0.347. The van der Waals surface area contributed by atoms with E-state index in [4.69, 9.17) is 0 Å². The highest BCUT2D eigenvalue weighted by Crippen LogP contribution is 2.41. The summed E-state index contributed by atoms with van der Waals surface area (Å²) in [5.74, 6) is 0.815. The van der Waals surface area contributed by atoms with Crippen molar-refractivity contribution < 1.29 is 4.57 Å². The van der Waals surface area contributed by atoms with Crippen LogP contribution in [0.25, 0.3) is 11.3 Å². The maximum absolute atomic E-state index is 2.47. The van der Waals surface area contributed by atoms with E-state index >= 15 is 0 Å². The topological polar surface area (TPSA) is 3.88 Å². The molecule has 164 valence electrons. The predicted molar refractivity (Wildman–Crippen MR) is 134 cm³/mol. The molecule has 1 aliphatic carbocycles. The minimum Gasteiger partial charge on any atom is -0.201 e. The highest BCUT2D eigenvalue weighted by Gasteiger charge is 2.38. The molecule has 1 aromatic carbocycles. The van der Waals surface area contributed by atoms with Crippen LogP contribution in [0.5, 0.6) is 0 Å². The van der Waals surface area contributed by atoms with Crippen LogP contribution in [0, 0.1) is 12.8 Å². The van der Waals surface area contributed by atoms with E-state index in [0.29, 0.717) is 0 Å². The number of nitrogens with zero attached hydrogens (tertiary/aromatic N) is 1. The lowest BCUT2D eigenvalue weighted by molar-refractivity contribution is -0.661. The first kappa shape index (κ1) is 23.3. The van der Waals surface area contributed by atoms with Crippen molar-refractivity contribution in [1.82, 2.24) is 0 Å². The second-order valence-electron chi connectivity index (χ2n) is 11.9. The normalized spacial score (nSPS) is 16.7. The van der Waals surface area contributed by atoms with Gasteiger partial charge in [-0.3, -0.25) is 0 Å². The molecule has 1 nitrogen and oxygen atoms in total. The van der Waals surface area contributed by atoms with Crippen LogP contribution in [0.3, 0.4) is 0 Å². The van der Waals surface area contributed by atoms with E-state index in [-0.39, 0.29) is 10.5 Å². The molecule has 0 atom stereocenters. The summed E-state index contributed by atoms with van der Waals surface area (Å²) in [6.45, 7) is 19.5. The molecule has 0 saturated heterocycles. The summed E-state index contributed by atoms with van der Waals surface area (Å²) in [6.07, 6.45) is 9.37. The van der Waals surface area contributed by atoms with Gasteiger partial charge in [0.25, 0.3) is 0 Å². The molecule has 2 heteroatoms. The van der Waals surface area contributed by atoms with Crippen molar-refractivity contribution in [2.24, 2.45) is 13.0 Å². The van der Waals surface area contributed by atoms with Gasteiger partial charge in [0, 0.05) is 17.2 Å². The SMILES string of the molecule is Cc1cc(C(C)(C)C2CCCCC2)ccc1-c1ccc(C(C)(C)[Si](C)(C)C)c[n+]1C. The summed E-state index contributed by atoms with van der Waals surface area (Å²) in [4.78, 5) is 0. The maximum atomic E-state index is 2.47. The van der Waals surface area contributed by atoms with Gasteiger partial charge >= 0.3 is 0 Å². The Morgan fingerprint density at radius 2 is 1.47 bits per heavy atom. The fourth-order valence-electron chi connectivity index (χ4n) is 5.10. The number of aromatic nitrogens is 1. The molecule has 0 aliphatic heterocycles. The Morgan fingerprint density at radius 3 is 2.00 bits per heavy atom. The Labute approximate surface area is 186 Å². The minimum atomic E-state index is -1.31. The molecule has 3 rings (SSSR count). The van der Waals surface area contributed by atoms with Crippen molar-refractivity contribution in [3.05, 3.63) is 53.2 Å². The van der Waals surface area contributed by atoms with Gasteiger partial charge in [0.15, 0.2) is 6.20 Å². The van der Waals surface area contributed by atoms with E-state index in [0.717, 1.165) is 5.92 Å². The van der Waals surface area contributed by atoms with Gasteiger partial charge in [0.2, 0.25) is 5.69 Å². The molecule has 0 bridgehead atoms. The van der Waals surface area contributed by atoms with Crippen molar-refractivity contribution in [3.63, 3.8) is 0 Å². The third kappa shape index (κ3) is 4.30. The summed E-state index contributed by atoms with van der Waals surface area (Å²) in [5.41, 5.74) is 7.29. The number of benzene rings is 1. The summed E-state index contributed by atoms with van der Waals surface area (Å²) >= 11 is 0. The fraction of sp³-hybridized carbons (Fsp3) is 0.607. The molecule has 1 heterocycles. The number of aryl methyl sites for hydroxylation is 2. The first-order valence-electron chi connectivity index (χ1n) is 12.0. The molecule has 30 heavy (non-hydrogen) atoms. The van der Waals surface area contributed by atoms with Crippen LogP contribution in [0.1, 0.15) is 76.5 Å². The van der Waals surface area contributed by atoms with Gasteiger partial charge in [-0.05, 0) is 59.4 Å². The zero-order valence-corrected chi connectivity index (χ0v) is 22.0. The van der Waals surface area contributed by atoms with Gasteiger partial charge in [-0.25, -0.2) is 4.57 Å². The summed E-state index contributed by atoms with van der Waals surface area (Å²) in [5, 5.41) is 0.256. The van der Waals surface area contributed by atoms with Crippen molar-refractivity contribution in [2.75, 3.05) is 0 Å². The minimum absolute atomic E-state index is 0.256. The summed E-state index contributed by atoms with van der Waals surface area (Å²) in [7, 11) is 0.892. The van der Waals surface area contributed by atoms with Crippen LogP contribution >= 0.6 is 0 Å². The smallest absolute Gasteiger partial charge is 0.201 e. The lowest BCUT2D eigenvalue weighted by atomic mass is 9.67. The van der Waals surface area contributed by atoms with Crippen LogP contribution < -0.4 is 4.57 Å². The Hall–Kier alpha value is -1.41. The predicted octanol–water partition coefficient (Wildman–Crippen LogP) is 7.50. The van der Waals surface area contributed by atoms with Gasteiger partial charge in [0.1, 0.15) is 7.05 Å². The largest absolute Gasteiger partial charge is 0.212 e. The van der Waals surface area contributed by atoms with Gasteiger partial charge in [-0.15, -0.1) is 0 Å². The highest BCUT2D eigenvalue weighted by molar-refractivity contribution is 6.78. The third-order valence-corrected chi connectivity index (χ3v) is 12.6. The van der Waals surface area contributed by atoms with E-state index in [1.54, 1.807) is 0 Å². The lowest BCUT2D eigenvalue weighted by Gasteiger charge is -2.38. The first-order chi connectivity index (χ1) is 13.9. The molecule has 1 saturated carbocycles. The Morgan fingerprint density at radius 1 is 0.867 bits per heavy atom. The van der Waals surface area contributed by atoms with E-state index in [1.807, 2.05) is 0 Å². The Balaban J connectivity index is 1.94. The van der Waals surface area contributed by atoms with E-state index in [2.05, 4.69) is 102 Å². The van der Waals surface area contributed by atoms with E-state index in [1.165, 1.54) is 60.1 Å². The maximum Gasteiger partial charge on any atom is 0.212 e. The van der Waals surface area contributed by atoms with E-state index in [9.17, 15) is 0 Å². The van der Waals surface area contributed by atoms with Crippen LogP contribution in [0.2, 0.25) is 19.6 Å². The molecule has 1 aromatic heterocycles. The van der Waals surface area contributed by atoms with Crippen molar-refractivity contribution >= 4 is 8.07 Å². The van der Waals surface area contributed by atoms with Gasteiger partial charge in [0.05, 0.1) is 8.07 Å². The highest BCUT2D eigenvalue weighted by atomic mass is 28.3. The Bertz CT molecular complexity index is 895. The summed E-state index contributed by atoms with van der Waals surface area (Å²) < 4.78 is 2.34. The van der Waals surface area contributed by atoms with Gasteiger partial charge in [-0.1, -0.05) is 78.7 Å². The number of hydrogen-bond donors (Lipinski definition) is 0. The molecule has 2 aromatic rings. The number of pyridine rings is 1. The molecule has 1 fully saturated rings. The second-order valence-corrected chi connectivity index (χ2v) is 17.6. The molecular weight excluding hydrogens is 378 g/mol. The lowest BCUT2D eigenvalue weighted by Crippen LogP contribution is -2.46. The average molecular weight is 423 g/mol. The number of hydrogen-bond acceptors (Lipinski definition) is 0. The van der Waals surface area contributed by atoms with Crippen LogP contribution in [0.15, 0.2) is 36.5 Å². The third-order valence-electron chi connectivity index (χ3n) is 8.60. The van der Waals surface area contributed by atoms with Crippen LogP contribution in [-0.2, 0) is 17.5 Å². The molecule has 0 unspecified atom stereocenters. The average Bonchev–Trinajstić information content (AvgIpc) is 2.68. The van der Waals surface area contributed by atoms with Gasteiger partial charge in [-0.2, -0.15) is 0 Å². The first-order valence-corrected chi connectivity index (χ1v) is 15.5. The fourth-order valence-corrected chi connectivity index (χ4v) is 6.12. The monoisotopic (exact) mass is 422 g/mol. The number of rotatable bonds is 5.